The molecule has 0 heterocycles. The second-order valence-electron chi connectivity index (χ2n) is 6.36. The van der Waals surface area contributed by atoms with Crippen LogP contribution in [0.25, 0.3) is 0 Å². The van der Waals surface area contributed by atoms with Crippen LogP contribution in [0.5, 0.6) is 0 Å². The van der Waals surface area contributed by atoms with Crippen LogP contribution in [0.4, 0.5) is 11.4 Å². The van der Waals surface area contributed by atoms with Crippen molar-refractivity contribution in [1.82, 2.24) is 0 Å². The maximum absolute atomic E-state index is 5.55. The van der Waals surface area contributed by atoms with Crippen LogP contribution in [0.1, 0.15) is 65.7 Å². The Labute approximate surface area is 143 Å². The van der Waals surface area contributed by atoms with Crippen molar-refractivity contribution in [3.05, 3.63) is 24.3 Å². The molecule has 0 amide bonds. The maximum atomic E-state index is 5.55. The summed E-state index contributed by atoms with van der Waals surface area (Å²) in [6, 6.07) is 9.12. The number of unbranched alkanes of at least 4 members (excludes halogenated alkanes) is 4. The van der Waals surface area contributed by atoms with Crippen LogP contribution in [0.15, 0.2) is 24.3 Å². The van der Waals surface area contributed by atoms with E-state index in [-0.39, 0.29) is 0 Å². The van der Waals surface area contributed by atoms with Gasteiger partial charge in [-0.3, -0.25) is 0 Å². The Hall–Kier alpha value is -1.22. The number of rotatable bonds is 14. The Kier molecular flexibility index (Phi) is 11.4. The predicted molar refractivity (Wildman–Crippen MR) is 103 cm³/mol. The predicted octanol–water partition coefficient (Wildman–Crippen LogP) is 5.69. The van der Waals surface area contributed by atoms with E-state index < -0.39 is 0 Å². The average molecular weight is 321 g/mol. The normalized spacial score (nSPS) is 12.1. The van der Waals surface area contributed by atoms with E-state index in [9.17, 15) is 0 Å². The third-order valence-corrected chi connectivity index (χ3v) is 4.01. The number of hydrogen-bond acceptors (Lipinski definition) is 3. The highest BCUT2D eigenvalue weighted by molar-refractivity contribution is 5.53. The monoisotopic (exact) mass is 320 g/mol. The highest BCUT2D eigenvalue weighted by Crippen LogP contribution is 2.16. The van der Waals surface area contributed by atoms with Gasteiger partial charge in [0.1, 0.15) is 0 Å². The first-order valence-corrected chi connectivity index (χ1v) is 9.44. The molecule has 0 spiro atoms. The average Bonchev–Trinajstić information content (AvgIpc) is 2.56. The van der Waals surface area contributed by atoms with E-state index in [1.165, 1.54) is 44.2 Å². The van der Waals surface area contributed by atoms with E-state index in [4.69, 9.17) is 4.74 Å². The van der Waals surface area contributed by atoms with Crippen molar-refractivity contribution < 1.29 is 4.74 Å². The van der Waals surface area contributed by atoms with Crippen LogP contribution in [-0.4, -0.2) is 25.8 Å². The lowest BCUT2D eigenvalue weighted by Gasteiger charge is -2.15. The SMILES string of the molecule is CCCCCCC(C)Nc1ccc(NCCOCCCC)cc1. The fourth-order valence-corrected chi connectivity index (χ4v) is 2.53. The summed E-state index contributed by atoms with van der Waals surface area (Å²) in [6.07, 6.45) is 8.92. The van der Waals surface area contributed by atoms with Gasteiger partial charge in [-0.05, 0) is 44.0 Å². The first-order valence-electron chi connectivity index (χ1n) is 9.44. The second kappa shape index (κ2) is 13.2. The van der Waals surface area contributed by atoms with E-state index >= 15 is 0 Å². The molecule has 23 heavy (non-hydrogen) atoms. The van der Waals surface area contributed by atoms with Crippen molar-refractivity contribution in [3.8, 4) is 0 Å². The molecule has 1 aromatic carbocycles. The van der Waals surface area contributed by atoms with E-state index in [0.29, 0.717) is 6.04 Å². The molecule has 0 fully saturated rings. The molecule has 0 saturated heterocycles. The molecule has 1 rings (SSSR count). The number of hydrogen-bond donors (Lipinski definition) is 2. The van der Waals surface area contributed by atoms with Gasteiger partial charge >= 0.3 is 0 Å². The van der Waals surface area contributed by atoms with Crippen LogP contribution in [0.3, 0.4) is 0 Å². The summed E-state index contributed by atoms with van der Waals surface area (Å²) in [6.45, 7) is 9.22. The number of nitrogens with one attached hydrogen (secondary N) is 2. The number of anilines is 2. The Balaban J connectivity index is 2.17. The topological polar surface area (TPSA) is 33.3 Å². The molecule has 0 aromatic heterocycles. The Morgan fingerprint density at radius 2 is 1.57 bits per heavy atom. The summed E-state index contributed by atoms with van der Waals surface area (Å²) < 4.78 is 5.55. The molecule has 2 N–H and O–H groups in total. The van der Waals surface area contributed by atoms with Gasteiger partial charge in [0.25, 0.3) is 0 Å². The van der Waals surface area contributed by atoms with E-state index in [0.717, 1.165) is 31.9 Å². The minimum atomic E-state index is 0.539. The zero-order valence-corrected chi connectivity index (χ0v) is 15.4. The Morgan fingerprint density at radius 3 is 2.26 bits per heavy atom. The zero-order valence-electron chi connectivity index (χ0n) is 15.4. The molecule has 0 saturated carbocycles. The van der Waals surface area contributed by atoms with Crippen molar-refractivity contribution in [2.45, 2.75) is 71.8 Å². The molecular formula is C20H36N2O. The van der Waals surface area contributed by atoms with Crippen molar-refractivity contribution in [2.24, 2.45) is 0 Å². The van der Waals surface area contributed by atoms with E-state index in [2.05, 4.69) is 55.7 Å². The van der Waals surface area contributed by atoms with Gasteiger partial charge in [0.05, 0.1) is 6.61 Å². The van der Waals surface area contributed by atoms with Gasteiger partial charge in [-0.25, -0.2) is 0 Å². The quantitative estimate of drug-likeness (QED) is 0.432. The highest BCUT2D eigenvalue weighted by atomic mass is 16.5. The van der Waals surface area contributed by atoms with Gasteiger partial charge in [0, 0.05) is 30.6 Å². The Morgan fingerprint density at radius 1 is 0.870 bits per heavy atom. The molecule has 0 aliphatic heterocycles. The van der Waals surface area contributed by atoms with Crippen LogP contribution in [0.2, 0.25) is 0 Å². The molecule has 0 bridgehead atoms. The molecule has 1 atom stereocenters. The van der Waals surface area contributed by atoms with Gasteiger partial charge < -0.3 is 15.4 Å². The summed E-state index contributed by atoms with van der Waals surface area (Å²) in [5.41, 5.74) is 2.36. The summed E-state index contributed by atoms with van der Waals surface area (Å²) in [4.78, 5) is 0. The second-order valence-corrected chi connectivity index (χ2v) is 6.36. The van der Waals surface area contributed by atoms with Crippen LogP contribution < -0.4 is 10.6 Å². The molecule has 1 unspecified atom stereocenters. The van der Waals surface area contributed by atoms with Crippen molar-refractivity contribution in [1.29, 1.82) is 0 Å². The van der Waals surface area contributed by atoms with Gasteiger partial charge in [0.15, 0.2) is 0 Å². The third-order valence-electron chi connectivity index (χ3n) is 4.01. The lowest BCUT2D eigenvalue weighted by molar-refractivity contribution is 0.141. The number of benzene rings is 1. The standard InChI is InChI=1S/C20H36N2O/c1-4-6-8-9-10-18(3)22-20-13-11-19(12-14-20)21-15-17-23-16-7-5-2/h11-14,18,21-22H,4-10,15-17H2,1-3H3. The van der Waals surface area contributed by atoms with Crippen LogP contribution in [-0.2, 0) is 4.74 Å². The van der Waals surface area contributed by atoms with E-state index in [1.54, 1.807) is 0 Å². The lowest BCUT2D eigenvalue weighted by Crippen LogP contribution is -2.15. The largest absolute Gasteiger partial charge is 0.383 e. The van der Waals surface area contributed by atoms with Crippen molar-refractivity contribution in [2.75, 3.05) is 30.4 Å². The van der Waals surface area contributed by atoms with Gasteiger partial charge in [-0.15, -0.1) is 0 Å². The molecule has 1 aromatic rings. The molecule has 3 heteroatoms. The third kappa shape index (κ3) is 10.2. The van der Waals surface area contributed by atoms with Gasteiger partial charge in [0.2, 0.25) is 0 Å². The minimum Gasteiger partial charge on any atom is -0.383 e. The molecule has 0 radical (unpaired) electrons. The first-order chi connectivity index (χ1) is 11.3. The molecule has 0 aliphatic carbocycles. The first kappa shape index (κ1) is 19.8. The molecule has 132 valence electrons. The van der Waals surface area contributed by atoms with Crippen LogP contribution >= 0.6 is 0 Å². The summed E-state index contributed by atoms with van der Waals surface area (Å²) >= 11 is 0. The highest BCUT2D eigenvalue weighted by Gasteiger charge is 2.02. The van der Waals surface area contributed by atoms with Crippen molar-refractivity contribution >= 4 is 11.4 Å². The molecule has 3 nitrogen and oxygen atoms in total. The smallest absolute Gasteiger partial charge is 0.0639 e. The van der Waals surface area contributed by atoms with E-state index in [1.807, 2.05) is 0 Å². The Bertz CT molecular complexity index is 378. The zero-order chi connectivity index (χ0) is 16.8. The summed E-state index contributed by atoms with van der Waals surface area (Å²) in [5.74, 6) is 0. The van der Waals surface area contributed by atoms with Crippen LogP contribution in [0, 0.1) is 0 Å². The summed E-state index contributed by atoms with van der Waals surface area (Å²) in [5, 5.41) is 6.98. The van der Waals surface area contributed by atoms with Crippen molar-refractivity contribution in [3.63, 3.8) is 0 Å². The van der Waals surface area contributed by atoms with Gasteiger partial charge in [-0.1, -0.05) is 46.0 Å². The fourth-order valence-electron chi connectivity index (χ4n) is 2.53. The molecule has 0 aliphatic rings. The minimum absolute atomic E-state index is 0.539. The lowest BCUT2D eigenvalue weighted by atomic mass is 10.1. The fraction of sp³-hybridized carbons (Fsp3) is 0.700. The maximum Gasteiger partial charge on any atom is 0.0639 e. The van der Waals surface area contributed by atoms with Gasteiger partial charge in [-0.2, -0.15) is 0 Å². The number of ether oxygens (including phenoxy) is 1. The molecular weight excluding hydrogens is 284 g/mol. The summed E-state index contributed by atoms with van der Waals surface area (Å²) in [7, 11) is 0.